The largest absolute Gasteiger partial charge is 0.493 e. The predicted molar refractivity (Wildman–Crippen MR) is 84.2 cm³/mol. The zero-order valence-corrected chi connectivity index (χ0v) is 12.5. The van der Waals surface area contributed by atoms with Crippen molar-refractivity contribution in [2.45, 2.75) is 13.3 Å². The number of hydrogen-bond donors (Lipinski definition) is 1. The molecule has 0 saturated carbocycles. The average Bonchev–Trinajstić information content (AvgIpc) is 2.50. The maximum absolute atomic E-state index is 5.72. The summed E-state index contributed by atoms with van der Waals surface area (Å²) < 4.78 is 16.6. The van der Waals surface area contributed by atoms with Gasteiger partial charge in [-0.25, -0.2) is 0 Å². The Kier molecular flexibility index (Phi) is 5.32. The third kappa shape index (κ3) is 4.60. The lowest BCUT2D eigenvalue weighted by molar-refractivity contribution is 0.240. The summed E-state index contributed by atoms with van der Waals surface area (Å²) >= 11 is 0. The van der Waals surface area contributed by atoms with Crippen LogP contribution < -0.4 is 19.9 Å². The van der Waals surface area contributed by atoms with E-state index in [9.17, 15) is 0 Å². The second kappa shape index (κ2) is 7.43. The van der Waals surface area contributed by atoms with E-state index in [2.05, 4.69) is 0 Å². The van der Waals surface area contributed by atoms with Gasteiger partial charge in [0.1, 0.15) is 5.75 Å². The number of nitrogen functional groups attached to an aromatic ring is 1. The summed E-state index contributed by atoms with van der Waals surface area (Å²) in [4.78, 5) is 0. The van der Waals surface area contributed by atoms with Crippen molar-refractivity contribution in [2.75, 3.05) is 26.1 Å². The molecule has 0 aliphatic rings. The Bertz CT molecular complexity index is 567. The van der Waals surface area contributed by atoms with Crippen molar-refractivity contribution < 1.29 is 14.2 Å². The fraction of sp³-hybridized carbons (Fsp3) is 0.294. The van der Waals surface area contributed by atoms with E-state index in [0.717, 1.165) is 34.9 Å². The van der Waals surface area contributed by atoms with Gasteiger partial charge in [-0.15, -0.1) is 0 Å². The number of anilines is 1. The van der Waals surface area contributed by atoms with Gasteiger partial charge in [0.2, 0.25) is 0 Å². The fourth-order valence-corrected chi connectivity index (χ4v) is 1.89. The lowest BCUT2D eigenvalue weighted by atomic mass is 10.2. The second-order valence-corrected chi connectivity index (χ2v) is 4.77. The van der Waals surface area contributed by atoms with E-state index in [-0.39, 0.29) is 0 Å². The molecular formula is C17H21NO3. The van der Waals surface area contributed by atoms with Crippen LogP contribution in [0.5, 0.6) is 17.2 Å². The van der Waals surface area contributed by atoms with Crippen molar-refractivity contribution in [3.8, 4) is 17.2 Å². The zero-order chi connectivity index (χ0) is 15.1. The molecule has 4 nitrogen and oxygen atoms in total. The molecule has 2 aromatic carbocycles. The van der Waals surface area contributed by atoms with Gasteiger partial charge in [-0.05, 0) is 48.9 Å². The number of ether oxygens (including phenoxy) is 3. The molecule has 2 rings (SSSR count). The van der Waals surface area contributed by atoms with Gasteiger partial charge in [0.15, 0.2) is 11.5 Å². The molecule has 21 heavy (non-hydrogen) atoms. The Morgan fingerprint density at radius 3 is 2.33 bits per heavy atom. The third-order valence-electron chi connectivity index (χ3n) is 3.01. The summed E-state index contributed by atoms with van der Waals surface area (Å²) in [7, 11) is 1.64. The molecule has 0 amide bonds. The van der Waals surface area contributed by atoms with Gasteiger partial charge in [-0.2, -0.15) is 0 Å². The van der Waals surface area contributed by atoms with E-state index in [1.165, 1.54) is 0 Å². The number of nitrogens with two attached hydrogens (primary N) is 1. The Labute approximate surface area is 125 Å². The summed E-state index contributed by atoms with van der Waals surface area (Å²) in [5, 5.41) is 0. The Morgan fingerprint density at radius 1 is 0.905 bits per heavy atom. The van der Waals surface area contributed by atoms with Crippen molar-refractivity contribution in [2.24, 2.45) is 0 Å². The first kappa shape index (κ1) is 15.0. The molecule has 0 spiro atoms. The highest BCUT2D eigenvalue weighted by Gasteiger charge is 2.04. The molecule has 0 heterocycles. The summed E-state index contributed by atoms with van der Waals surface area (Å²) in [6.45, 7) is 3.19. The highest BCUT2D eigenvalue weighted by molar-refractivity contribution is 5.42. The Balaban J connectivity index is 1.73. The van der Waals surface area contributed by atoms with Crippen LogP contribution >= 0.6 is 0 Å². The first-order chi connectivity index (χ1) is 10.2. The van der Waals surface area contributed by atoms with E-state index in [4.69, 9.17) is 19.9 Å². The number of hydrogen-bond acceptors (Lipinski definition) is 4. The fourth-order valence-electron chi connectivity index (χ4n) is 1.89. The lowest BCUT2D eigenvalue weighted by Crippen LogP contribution is -2.05. The second-order valence-electron chi connectivity index (χ2n) is 4.77. The zero-order valence-electron chi connectivity index (χ0n) is 12.5. The van der Waals surface area contributed by atoms with E-state index < -0.39 is 0 Å². The van der Waals surface area contributed by atoms with Gasteiger partial charge in [-0.3, -0.25) is 0 Å². The molecule has 0 saturated heterocycles. The topological polar surface area (TPSA) is 53.7 Å². The van der Waals surface area contributed by atoms with Gasteiger partial charge in [0.25, 0.3) is 0 Å². The minimum absolute atomic E-state index is 0.578. The quantitative estimate of drug-likeness (QED) is 0.626. The lowest BCUT2D eigenvalue weighted by Gasteiger charge is -2.11. The van der Waals surface area contributed by atoms with Crippen molar-refractivity contribution in [3.05, 3.63) is 48.0 Å². The van der Waals surface area contributed by atoms with Gasteiger partial charge < -0.3 is 19.9 Å². The third-order valence-corrected chi connectivity index (χ3v) is 3.01. The van der Waals surface area contributed by atoms with Crippen LogP contribution in [0, 0.1) is 6.92 Å². The molecule has 2 aromatic rings. The molecule has 0 aromatic heterocycles. The molecule has 112 valence electrons. The maximum Gasteiger partial charge on any atom is 0.161 e. The molecule has 0 fully saturated rings. The monoisotopic (exact) mass is 287 g/mol. The Morgan fingerprint density at radius 2 is 1.62 bits per heavy atom. The highest BCUT2D eigenvalue weighted by atomic mass is 16.5. The average molecular weight is 287 g/mol. The number of benzene rings is 2. The van der Waals surface area contributed by atoms with Crippen LogP contribution in [-0.4, -0.2) is 20.3 Å². The van der Waals surface area contributed by atoms with Crippen LogP contribution in [0.25, 0.3) is 0 Å². The summed E-state index contributed by atoms with van der Waals surface area (Å²) in [6.07, 6.45) is 0.793. The van der Waals surface area contributed by atoms with Crippen LogP contribution in [0.1, 0.15) is 12.0 Å². The first-order valence-electron chi connectivity index (χ1n) is 6.95. The van der Waals surface area contributed by atoms with Gasteiger partial charge in [0.05, 0.1) is 20.3 Å². The summed E-state index contributed by atoms with van der Waals surface area (Å²) in [5.41, 5.74) is 7.50. The van der Waals surface area contributed by atoms with Crippen LogP contribution in [0.15, 0.2) is 42.5 Å². The highest BCUT2D eigenvalue weighted by Crippen LogP contribution is 2.27. The SMILES string of the molecule is COc1cc(C)ccc1OCCCOc1ccc(N)cc1. The molecule has 0 aliphatic carbocycles. The molecule has 0 atom stereocenters. The minimum atomic E-state index is 0.578. The van der Waals surface area contributed by atoms with Crippen molar-refractivity contribution in [1.82, 2.24) is 0 Å². The van der Waals surface area contributed by atoms with E-state index in [0.29, 0.717) is 13.2 Å². The van der Waals surface area contributed by atoms with Crippen LogP contribution in [0.2, 0.25) is 0 Å². The van der Waals surface area contributed by atoms with E-state index in [1.807, 2.05) is 49.4 Å². The molecular weight excluding hydrogens is 266 g/mol. The van der Waals surface area contributed by atoms with Gasteiger partial charge in [-0.1, -0.05) is 6.07 Å². The normalized spacial score (nSPS) is 10.2. The smallest absolute Gasteiger partial charge is 0.161 e. The van der Waals surface area contributed by atoms with Crippen LogP contribution in [-0.2, 0) is 0 Å². The molecule has 0 radical (unpaired) electrons. The number of rotatable bonds is 7. The number of aryl methyl sites for hydroxylation is 1. The van der Waals surface area contributed by atoms with Crippen LogP contribution in [0.4, 0.5) is 5.69 Å². The predicted octanol–water partition coefficient (Wildman–Crippen LogP) is 3.43. The molecule has 0 unspecified atom stereocenters. The molecule has 2 N–H and O–H groups in total. The standard InChI is InChI=1S/C17H21NO3/c1-13-4-9-16(17(12-13)19-2)21-11-3-10-20-15-7-5-14(18)6-8-15/h4-9,12H,3,10-11,18H2,1-2H3. The van der Waals surface area contributed by atoms with Crippen LogP contribution in [0.3, 0.4) is 0 Å². The Hall–Kier alpha value is -2.36. The first-order valence-corrected chi connectivity index (χ1v) is 6.95. The maximum atomic E-state index is 5.72. The summed E-state index contributed by atoms with van der Waals surface area (Å²) in [6, 6.07) is 13.3. The van der Waals surface area contributed by atoms with Gasteiger partial charge >= 0.3 is 0 Å². The van der Waals surface area contributed by atoms with Crippen molar-refractivity contribution >= 4 is 5.69 Å². The van der Waals surface area contributed by atoms with Gasteiger partial charge in [0, 0.05) is 12.1 Å². The number of methoxy groups -OCH3 is 1. The minimum Gasteiger partial charge on any atom is -0.493 e. The molecule has 0 bridgehead atoms. The van der Waals surface area contributed by atoms with Crippen molar-refractivity contribution in [3.63, 3.8) is 0 Å². The van der Waals surface area contributed by atoms with Crippen molar-refractivity contribution in [1.29, 1.82) is 0 Å². The van der Waals surface area contributed by atoms with E-state index in [1.54, 1.807) is 7.11 Å². The molecule has 4 heteroatoms. The summed E-state index contributed by atoms with van der Waals surface area (Å²) in [5.74, 6) is 2.34. The molecule has 0 aliphatic heterocycles. The van der Waals surface area contributed by atoms with E-state index >= 15 is 0 Å².